The average Bonchev–Trinajstić information content (AvgIpc) is 2.76. The van der Waals surface area contributed by atoms with E-state index in [4.69, 9.17) is 10.5 Å². The Morgan fingerprint density at radius 1 is 1.37 bits per heavy atom. The first-order valence-electron chi connectivity index (χ1n) is 5.17. The van der Waals surface area contributed by atoms with Crippen LogP contribution in [-0.2, 0) is 11.3 Å². The third kappa shape index (κ3) is 2.26. The third-order valence-electron chi connectivity index (χ3n) is 2.55. The number of hydrogen-bond acceptors (Lipinski definition) is 7. The fraction of sp³-hybridized carbons (Fsp3) is 0.333. The lowest BCUT2D eigenvalue weighted by molar-refractivity contribution is -0.153. The molecule has 2 atom stereocenters. The van der Waals surface area contributed by atoms with Crippen molar-refractivity contribution in [2.75, 3.05) is 0 Å². The van der Waals surface area contributed by atoms with Gasteiger partial charge in [-0.15, -0.1) is 0 Å². The van der Waals surface area contributed by atoms with Gasteiger partial charge in [-0.05, 0) is 0 Å². The molecule has 0 saturated heterocycles. The lowest BCUT2D eigenvalue weighted by atomic mass is 10.2. The maximum Gasteiger partial charge on any atom is 0.335 e. The maximum absolute atomic E-state index is 10.5. The summed E-state index contributed by atoms with van der Waals surface area (Å²) < 4.78 is 1.76. The Morgan fingerprint density at radius 2 is 2.05 bits per heavy atom. The number of nitrogens with zero attached hydrogens (tertiary/aromatic N) is 4. The highest BCUT2D eigenvalue weighted by Gasteiger charge is 2.24. The predicted molar refractivity (Wildman–Crippen MR) is 58.2 cm³/mol. The summed E-state index contributed by atoms with van der Waals surface area (Å²) in [6, 6.07) is 0. The summed E-state index contributed by atoms with van der Waals surface area (Å²) in [7, 11) is 0. The van der Waals surface area contributed by atoms with Gasteiger partial charge in [0.25, 0.3) is 0 Å². The Morgan fingerprint density at radius 3 is 2.68 bits per heavy atom. The van der Waals surface area contributed by atoms with Crippen molar-refractivity contribution < 1.29 is 25.3 Å². The second kappa shape index (κ2) is 4.66. The van der Waals surface area contributed by atoms with Crippen LogP contribution in [0.3, 0.4) is 0 Å². The monoisotopic (exact) mass is 269 g/mol. The van der Waals surface area contributed by atoms with Crippen molar-refractivity contribution in [1.29, 1.82) is 5.41 Å². The van der Waals surface area contributed by atoms with Crippen LogP contribution in [0.4, 0.5) is 0 Å². The Balaban J connectivity index is 2.35. The van der Waals surface area contributed by atoms with Crippen LogP contribution in [0.25, 0.3) is 11.2 Å². The molecule has 5 N–H and O–H groups in total. The van der Waals surface area contributed by atoms with Gasteiger partial charge < -0.3 is 25.1 Å². The van der Waals surface area contributed by atoms with Gasteiger partial charge in [0, 0.05) is 0 Å². The number of nitrogens with one attached hydrogen (secondary N) is 1. The van der Waals surface area contributed by atoms with Gasteiger partial charge >= 0.3 is 5.97 Å². The number of carboxylic acids is 1. The average molecular weight is 269 g/mol. The van der Waals surface area contributed by atoms with Crippen LogP contribution in [0.15, 0.2) is 12.7 Å². The highest BCUT2D eigenvalue weighted by atomic mass is 16.5. The first kappa shape index (κ1) is 13.0. The highest BCUT2D eigenvalue weighted by Crippen LogP contribution is 2.07. The van der Waals surface area contributed by atoms with E-state index in [-0.39, 0.29) is 23.2 Å². The van der Waals surface area contributed by atoms with Gasteiger partial charge in [0.2, 0.25) is 0 Å². The molecular formula is C9H11N5O5. The standard InChI is InChI=1S/C9H11N5O5/c10-7-5-8(12-3-14(7)19)13(2-11-5)1-4(15)6(16)9(17)18/h2-4,6,10,15-16,19H,1H2,(H,17,18). The zero-order chi connectivity index (χ0) is 14.2. The van der Waals surface area contributed by atoms with Crippen molar-refractivity contribution in [2.24, 2.45) is 0 Å². The molecule has 0 aliphatic carbocycles. The summed E-state index contributed by atoms with van der Waals surface area (Å²) in [6.07, 6.45) is -1.28. The van der Waals surface area contributed by atoms with Crippen molar-refractivity contribution in [3.05, 3.63) is 18.1 Å². The van der Waals surface area contributed by atoms with Gasteiger partial charge in [-0.3, -0.25) is 5.41 Å². The molecule has 0 fully saturated rings. The van der Waals surface area contributed by atoms with E-state index >= 15 is 0 Å². The number of carbonyl (C=O) groups is 1. The number of imidazole rings is 1. The smallest absolute Gasteiger partial charge is 0.335 e. The molecule has 0 amide bonds. The number of fused-ring (bicyclic) bond motifs is 1. The molecule has 0 radical (unpaired) electrons. The Kier molecular flexibility index (Phi) is 3.19. The summed E-state index contributed by atoms with van der Waals surface area (Å²) >= 11 is 0. The molecule has 0 bridgehead atoms. The normalized spacial score (nSPS) is 14.4. The Labute approximate surface area is 105 Å². The van der Waals surface area contributed by atoms with Crippen LogP contribution in [0.1, 0.15) is 0 Å². The zero-order valence-corrected chi connectivity index (χ0v) is 9.50. The summed E-state index contributed by atoms with van der Waals surface area (Å²) in [4.78, 5) is 18.2. The lowest BCUT2D eigenvalue weighted by Crippen LogP contribution is -2.36. The number of aromatic nitrogens is 4. The van der Waals surface area contributed by atoms with Crippen LogP contribution in [0.5, 0.6) is 0 Å². The third-order valence-corrected chi connectivity index (χ3v) is 2.55. The topological polar surface area (TPSA) is 157 Å². The SMILES string of the molecule is N=c1c2ncn(CC(O)C(O)C(=O)O)c2ncn1O. The van der Waals surface area contributed by atoms with Gasteiger partial charge in [-0.2, -0.15) is 4.73 Å². The van der Waals surface area contributed by atoms with Crippen LogP contribution >= 0.6 is 0 Å². The summed E-state index contributed by atoms with van der Waals surface area (Å²) in [5, 5.41) is 44.0. The molecular weight excluding hydrogens is 258 g/mol. The summed E-state index contributed by atoms with van der Waals surface area (Å²) in [5.41, 5.74) is -0.0222. The van der Waals surface area contributed by atoms with E-state index in [0.717, 1.165) is 6.33 Å². The van der Waals surface area contributed by atoms with E-state index in [1.54, 1.807) is 0 Å². The number of carboxylic acid groups (broad SMARTS) is 1. The van der Waals surface area contributed by atoms with Gasteiger partial charge in [0.15, 0.2) is 22.8 Å². The van der Waals surface area contributed by atoms with Crippen molar-refractivity contribution in [2.45, 2.75) is 18.8 Å². The van der Waals surface area contributed by atoms with E-state index in [1.165, 1.54) is 10.9 Å². The molecule has 2 rings (SSSR count). The molecule has 2 heterocycles. The quantitative estimate of drug-likeness (QED) is 0.392. The maximum atomic E-state index is 10.5. The van der Waals surface area contributed by atoms with Gasteiger partial charge in [-0.25, -0.2) is 14.8 Å². The molecule has 0 aliphatic heterocycles. The molecule has 2 aromatic heterocycles. The minimum atomic E-state index is -1.93. The van der Waals surface area contributed by atoms with Crippen LogP contribution in [0, 0.1) is 5.41 Å². The van der Waals surface area contributed by atoms with Crippen molar-refractivity contribution in [3.8, 4) is 0 Å². The molecule has 2 unspecified atom stereocenters. The van der Waals surface area contributed by atoms with Crippen LogP contribution in [-0.4, -0.2) is 58.0 Å². The fourth-order valence-corrected chi connectivity index (χ4v) is 1.55. The molecule has 0 aromatic carbocycles. The first-order chi connectivity index (χ1) is 8.91. The van der Waals surface area contributed by atoms with Crippen LogP contribution in [0.2, 0.25) is 0 Å². The molecule has 0 saturated carbocycles. The Hall–Kier alpha value is -2.46. The highest BCUT2D eigenvalue weighted by molar-refractivity contribution is 5.72. The lowest BCUT2D eigenvalue weighted by Gasteiger charge is -2.14. The predicted octanol–water partition coefficient (Wildman–Crippen LogP) is -2.24. The van der Waals surface area contributed by atoms with E-state index < -0.39 is 18.2 Å². The minimum absolute atomic E-state index is 0.0852. The number of aliphatic hydroxyl groups is 2. The van der Waals surface area contributed by atoms with Crippen molar-refractivity contribution in [3.63, 3.8) is 0 Å². The van der Waals surface area contributed by atoms with E-state index in [0.29, 0.717) is 4.73 Å². The van der Waals surface area contributed by atoms with Crippen molar-refractivity contribution >= 4 is 17.1 Å². The van der Waals surface area contributed by atoms with E-state index in [1.807, 2.05) is 0 Å². The van der Waals surface area contributed by atoms with Gasteiger partial charge in [0.1, 0.15) is 12.4 Å². The molecule has 102 valence electrons. The molecule has 2 aromatic rings. The van der Waals surface area contributed by atoms with E-state index in [2.05, 4.69) is 9.97 Å². The Bertz CT molecular complexity index is 677. The second-order valence-electron chi connectivity index (χ2n) is 3.86. The minimum Gasteiger partial charge on any atom is -0.479 e. The first-order valence-corrected chi connectivity index (χ1v) is 5.17. The molecule has 0 spiro atoms. The fourth-order valence-electron chi connectivity index (χ4n) is 1.55. The van der Waals surface area contributed by atoms with E-state index in [9.17, 15) is 20.2 Å². The zero-order valence-electron chi connectivity index (χ0n) is 9.50. The number of hydrogen-bond donors (Lipinski definition) is 5. The molecule has 0 aliphatic rings. The summed E-state index contributed by atoms with van der Waals surface area (Å²) in [5.74, 6) is -1.54. The number of aliphatic carboxylic acids is 1. The summed E-state index contributed by atoms with van der Waals surface area (Å²) in [6.45, 7) is -0.258. The van der Waals surface area contributed by atoms with Crippen LogP contribution < -0.4 is 5.49 Å². The number of aliphatic hydroxyl groups excluding tert-OH is 2. The van der Waals surface area contributed by atoms with Gasteiger partial charge in [0.05, 0.1) is 12.9 Å². The molecule has 10 heteroatoms. The largest absolute Gasteiger partial charge is 0.479 e. The molecule has 19 heavy (non-hydrogen) atoms. The second-order valence-corrected chi connectivity index (χ2v) is 3.86. The van der Waals surface area contributed by atoms with Crippen molar-refractivity contribution in [1.82, 2.24) is 19.3 Å². The molecule has 10 nitrogen and oxygen atoms in total. The van der Waals surface area contributed by atoms with Gasteiger partial charge in [-0.1, -0.05) is 0 Å². The number of rotatable bonds is 4.